The molecule has 2 fully saturated rings. The zero-order valence-electron chi connectivity index (χ0n) is 11.4. The summed E-state index contributed by atoms with van der Waals surface area (Å²) in [6, 6.07) is 0.503. The maximum absolute atomic E-state index is 5.36. The lowest BCUT2D eigenvalue weighted by Gasteiger charge is -2.17. The molecule has 2 bridgehead atoms. The zero-order chi connectivity index (χ0) is 12.5. The Morgan fingerprint density at radius 3 is 2.94 bits per heavy atom. The van der Waals surface area contributed by atoms with Gasteiger partial charge in [-0.15, -0.1) is 0 Å². The molecule has 100 valence electrons. The highest BCUT2D eigenvalue weighted by atomic mass is 16.5. The van der Waals surface area contributed by atoms with E-state index < -0.39 is 0 Å². The van der Waals surface area contributed by atoms with E-state index in [4.69, 9.17) is 4.52 Å². The van der Waals surface area contributed by atoms with Crippen molar-refractivity contribution in [3.8, 4) is 0 Å². The van der Waals surface area contributed by atoms with Crippen LogP contribution in [0.15, 0.2) is 4.52 Å². The van der Waals surface area contributed by atoms with Crippen LogP contribution in [-0.2, 0) is 6.54 Å². The molecule has 1 aromatic heterocycles. The summed E-state index contributed by atoms with van der Waals surface area (Å²) in [5, 5.41) is 7.58. The van der Waals surface area contributed by atoms with Crippen molar-refractivity contribution >= 4 is 0 Å². The highest BCUT2D eigenvalue weighted by Gasteiger charge is 2.42. The van der Waals surface area contributed by atoms with E-state index >= 15 is 0 Å². The van der Waals surface area contributed by atoms with Gasteiger partial charge in [-0.1, -0.05) is 18.5 Å². The second kappa shape index (κ2) is 5.00. The Morgan fingerprint density at radius 2 is 2.28 bits per heavy atom. The van der Waals surface area contributed by atoms with Crippen molar-refractivity contribution in [3.05, 3.63) is 11.7 Å². The molecule has 1 aromatic rings. The first-order valence-corrected chi connectivity index (χ1v) is 7.32. The maximum atomic E-state index is 5.36. The number of aromatic nitrogens is 2. The van der Waals surface area contributed by atoms with E-state index in [9.17, 15) is 0 Å². The fraction of sp³-hybridized carbons (Fsp3) is 0.857. The van der Waals surface area contributed by atoms with Crippen LogP contribution in [0.2, 0.25) is 0 Å². The smallest absolute Gasteiger partial charge is 0.240 e. The van der Waals surface area contributed by atoms with Crippen LogP contribution in [0.5, 0.6) is 0 Å². The predicted molar refractivity (Wildman–Crippen MR) is 69.1 cm³/mol. The van der Waals surface area contributed by atoms with Gasteiger partial charge in [-0.2, -0.15) is 4.98 Å². The summed E-state index contributed by atoms with van der Waals surface area (Å²) in [7, 11) is 0. The highest BCUT2D eigenvalue weighted by molar-refractivity contribution is 5.06. The average Bonchev–Trinajstić information content (AvgIpc) is 3.10. The van der Waals surface area contributed by atoms with Crippen LogP contribution < -0.4 is 5.32 Å². The van der Waals surface area contributed by atoms with Crippen molar-refractivity contribution in [1.82, 2.24) is 15.5 Å². The molecule has 0 spiro atoms. The molecule has 2 aliphatic carbocycles. The summed E-state index contributed by atoms with van der Waals surface area (Å²) in [5.74, 6) is 4.03. The first-order valence-electron chi connectivity index (χ1n) is 7.32. The molecule has 0 radical (unpaired) electrons. The fourth-order valence-electron chi connectivity index (χ4n) is 3.46. The van der Waals surface area contributed by atoms with Gasteiger partial charge in [0.05, 0.1) is 6.54 Å². The zero-order valence-corrected chi connectivity index (χ0v) is 11.4. The van der Waals surface area contributed by atoms with E-state index in [2.05, 4.69) is 29.3 Å². The molecule has 0 amide bonds. The van der Waals surface area contributed by atoms with Gasteiger partial charge >= 0.3 is 0 Å². The number of nitrogens with one attached hydrogen (secondary N) is 1. The molecule has 4 atom stereocenters. The summed E-state index contributed by atoms with van der Waals surface area (Å²) in [6.45, 7) is 5.04. The van der Waals surface area contributed by atoms with Gasteiger partial charge < -0.3 is 9.84 Å². The van der Waals surface area contributed by atoms with Gasteiger partial charge in [-0.25, -0.2) is 0 Å². The third-order valence-corrected chi connectivity index (χ3v) is 4.77. The molecule has 0 saturated heterocycles. The summed E-state index contributed by atoms with van der Waals surface area (Å²) in [6.07, 6.45) is 6.57. The van der Waals surface area contributed by atoms with E-state index in [0.717, 1.165) is 30.0 Å². The molecule has 1 heterocycles. The van der Waals surface area contributed by atoms with E-state index in [1.807, 2.05) is 0 Å². The van der Waals surface area contributed by atoms with E-state index in [1.165, 1.54) is 25.7 Å². The molecular weight excluding hydrogens is 226 g/mol. The second-order valence-corrected chi connectivity index (χ2v) is 6.02. The van der Waals surface area contributed by atoms with Gasteiger partial charge in [-0.3, -0.25) is 0 Å². The molecule has 4 nitrogen and oxygen atoms in total. The molecule has 3 rings (SSSR count). The monoisotopic (exact) mass is 249 g/mol. The van der Waals surface area contributed by atoms with Crippen molar-refractivity contribution in [2.24, 2.45) is 11.8 Å². The van der Waals surface area contributed by atoms with Crippen LogP contribution in [-0.4, -0.2) is 16.2 Å². The Labute approximate surface area is 109 Å². The van der Waals surface area contributed by atoms with Crippen LogP contribution in [0.1, 0.15) is 63.6 Å². The molecule has 2 saturated carbocycles. The van der Waals surface area contributed by atoms with Crippen molar-refractivity contribution in [3.63, 3.8) is 0 Å². The Hall–Kier alpha value is -0.900. The molecule has 18 heavy (non-hydrogen) atoms. The molecule has 0 aliphatic heterocycles. The normalized spacial score (nSPS) is 32.0. The quantitative estimate of drug-likeness (QED) is 0.871. The summed E-state index contributed by atoms with van der Waals surface area (Å²) in [4.78, 5) is 4.58. The lowest BCUT2D eigenvalue weighted by atomic mass is 9.88. The van der Waals surface area contributed by atoms with Crippen LogP contribution in [0.25, 0.3) is 0 Å². The molecular formula is C14H23N3O. The average molecular weight is 249 g/mol. The van der Waals surface area contributed by atoms with E-state index in [0.29, 0.717) is 18.5 Å². The molecule has 4 unspecified atom stereocenters. The summed E-state index contributed by atoms with van der Waals surface area (Å²) < 4.78 is 5.36. The summed E-state index contributed by atoms with van der Waals surface area (Å²) >= 11 is 0. The largest absolute Gasteiger partial charge is 0.338 e. The Kier molecular flexibility index (Phi) is 3.37. The van der Waals surface area contributed by atoms with Gasteiger partial charge in [-0.05, 0) is 44.4 Å². The number of hydrogen-bond acceptors (Lipinski definition) is 4. The Morgan fingerprint density at radius 1 is 1.39 bits per heavy atom. The van der Waals surface area contributed by atoms with Crippen LogP contribution in [0, 0.1) is 11.8 Å². The highest BCUT2D eigenvalue weighted by Crippen LogP contribution is 2.52. The van der Waals surface area contributed by atoms with Gasteiger partial charge in [0.2, 0.25) is 5.89 Å². The fourth-order valence-corrected chi connectivity index (χ4v) is 3.46. The number of fused-ring (bicyclic) bond motifs is 2. The Bertz CT molecular complexity index is 403. The molecule has 2 aliphatic rings. The number of rotatable bonds is 5. The maximum Gasteiger partial charge on any atom is 0.240 e. The van der Waals surface area contributed by atoms with Crippen LogP contribution in [0.4, 0.5) is 0 Å². The molecule has 0 aromatic carbocycles. The van der Waals surface area contributed by atoms with Crippen LogP contribution >= 0.6 is 0 Å². The van der Waals surface area contributed by atoms with E-state index in [-0.39, 0.29) is 0 Å². The van der Waals surface area contributed by atoms with Crippen LogP contribution in [0.3, 0.4) is 0 Å². The minimum atomic E-state index is 0.503. The summed E-state index contributed by atoms with van der Waals surface area (Å²) in [5.41, 5.74) is 0. The van der Waals surface area contributed by atoms with E-state index in [1.54, 1.807) is 0 Å². The van der Waals surface area contributed by atoms with Crippen molar-refractivity contribution in [1.29, 1.82) is 0 Å². The molecule has 4 heteroatoms. The number of hydrogen-bond donors (Lipinski definition) is 1. The van der Waals surface area contributed by atoms with Crippen molar-refractivity contribution in [2.45, 2.75) is 64.5 Å². The van der Waals surface area contributed by atoms with Gasteiger partial charge in [0.1, 0.15) is 0 Å². The minimum Gasteiger partial charge on any atom is -0.338 e. The van der Waals surface area contributed by atoms with Crippen molar-refractivity contribution in [2.75, 3.05) is 0 Å². The second-order valence-electron chi connectivity index (χ2n) is 6.02. The number of nitrogens with zero attached hydrogens (tertiary/aromatic N) is 2. The first kappa shape index (κ1) is 12.2. The topological polar surface area (TPSA) is 51.0 Å². The minimum absolute atomic E-state index is 0.503. The SMILES string of the molecule is CCC(C)NCc1nc(C2CC3CCC2C3)no1. The van der Waals surface area contributed by atoms with Gasteiger partial charge in [0.15, 0.2) is 5.82 Å². The van der Waals surface area contributed by atoms with Gasteiger partial charge in [0.25, 0.3) is 0 Å². The Balaban J connectivity index is 1.60. The van der Waals surface area contributed by atoms with Crippen molar-refractivity contribution < 1.29 is 4.52 Å². The lowest BCUT2D eigenvalue weighted by molar-refractivity contribution is 0.340. The third kappa shape index (κ3) is 2.30. The standard InChI is InChI=1S/C14H23N3O/c1-3-9(2)15-8-13-16-14(17-18-13)12-7-10-4-5-11(12)6-10/h9-12,15H,3-8H2,1-2H3. The third-order valence-electron chi connectivity index (χ3n) is 4.77. The predicted octanol–water partition coefficient (Wildman–Crippen LogP) is 2.86. The molecule has 1 N–H and O–H groups in total. The lowest BCUT2D eigenvalue weighted by Crippen LogP contribution is -2.24. The van der Waals surface area contributed by atoms with Gasteiger partial charge in [0, 0.05) is 12.0 Å². The first-order chi connectivity index (χ1) is 8.76.